The molecule has 0 heterocycles. The first-order valence-corrected chi connectivity index (χ1v) is 14.7. The van der Waals surface area contributed by atoms with Gasteiger partial charge in [0.25, 0.3) is 30.4 Å². The van der Waals surface area contributed by atoms with E-state index in [1.807, 2.05) is 0 Å². The van der Waals surface area contributed by atoms with Crippen molar-refractivity contribution < 1.29 is 42.9 Å². The van der Waals surface area contributed by atoms with Crippen LogP contribution in [0.25, 0.3) is 0 Å². The van der Waals surface area contributed by atoms with Gasteiger partial charge >= 0.3 is 0 Å². The first kappa shape index (κ1) is 27.9. The van der Waals surface area contributed by atoms with Crippen molar-refractivity contribution in [1.29, 1.82) is 0 Å². The highest BCUT2D eigenvalue weighted by molar-refractivity contribution is 7.87. The van der Waals surface area contributed by atoms with Gasteiger partial charge in [0.05, 0.1) is 46.5 Å². The summed E-state index contributed by atoms with van der Waals surface area (Å²) in [5.74, 6) is 0. The molecule has 0 unspecified atom stereocenters. The van der Waals surface area contributed by atoms with Crippen LogP contribution in [0.2, 0.25) is 0 Å². The van der Waals surface area contributed by atoms with Gasteiger partial charge in [-0.2, -0.15) is 25.3 Å². The van der Waals surface area contributed by atoms with Crippen LogP contribution in [-0.4, -0.2) is 56.8 Å². The first-order valence-electron chi connectivity index (χ1n) is 10.4. The van der Waals surface area contributed by atoms with Gasteiger partial charge in [-0.05, 0) is 36.4 Å². The van der Waals surface area contributed by atoms with Crippen molar-refractivity contribution in [3.8, 4) is 0 Å². The van der Waals surface area contributed by atoms with Crippen LogP contribution in [0.3, 0.4) is 0 Å². The van der Waals surface area contributed by atoms with Crippen LogP contribution in [0.1, 0.15) is 0 Å². The number of hydrogen-bond donors (Lipinski definition) is 1. The van der Waals surface area contributed by atoms with Gasteiger partial charge in [-0.15, -0.1) is 0 Å². The predicted octanol–water partition coefficient (Wildman–Crippen LogP) is 2.18. The molecule has 0 bridgehead atoms. The highest BCUT2D eigenvalue weighted by Crippen LogP contribution is 2.26. The first-order chi connectivity index (χ1) is 17.0. The van der Waals surface area contributed by atoms with Crippen molar-refractivity contribution in [1.82, 2.24) is 0 Å². The molecule has 194 valence electrons. The van der Waals surface area contributed by atoms with E-state index in [-0.39, 0.29) is 14.7 Å². The van der Waals surface area contributed by atoms with E-state index in [0.717, 1.165) is 0 Å². The van der Waals surface area contributed by atoms with E-state index in [2.05, 4.69) is 0 Å². The third-order valence-corrected chi connectivity index (χ3v) is 8.82. The van der Waals surface area contributed by atoms with Gasteiger partial charge in [-0.1, -0.05) is 54.6 Å². The highest BCUT2D eigenvalue weighted by atomic mass is 32.2. The second-order valence-electron chi connectivity index (χ2n) is 7.75. The Balaban J connectivity index is 1.86. The molecule has 0 aliphatic carbocycles. The molecule has 0 amide bonds. The number of aliphatic hydroxyl groups excluding tert-OH is 1. The molecule has 36 heavy (non-hydrogen) atoms. The molecule has 10 nitrogen and oxygen atoms in total. The summed E-state index contributed by atoms with van der Waals surface area (Å²) in [6.07, 6.45) is 0. The molecule has 0 radical (unpaired) electrons. The van der Waals surface area contributed by atoms with E-state index in [0.29, 0.717) is 0 Å². The Morgan fingerprint density at radius 1 is 0.500 bits per heavy atom. The smallest absolute Gasteiger partial charge is 0.296 e. The largest absolute Gasteiger partial charge is 0.396 e. The van der Waals surface area contributed by atoms with Crippen LogP contribution >= 0.6 is 0 Å². The number of rotatable bonds is 13. The van der Waals surface area contributed by atoms with Gasteiger partial charge in [0.15, 0.2) is 0 Å². The second kappa shape index (κ2) is 11.6. The molecular weight excluding hydrogens is 532 g/mol. The third kappa shape index (κ3) is 7.20. The fourth-order valence-corrected chi connectivity index (χ4v) is 5.93. The molecule has 3 rings (SSSR count). The maximum absolute atomic E-state index is 12.6. The van der Waals surface area contributed by atoms with Gasteiger partial charge in [-0.3, -0.25) is 12.5 Å². The zero-order valence-corrected chi connectivity index (χ0v) is 21.3. The lowest BCUT2D eigenvalue weighted by atomic mass is 9.93. The van der Waals surface area contributed by atoms with Crippen LogP contribution in [0.15, 0.2) is 106 Å². The lowest BCUT2D eigenvalue weighted by Crippen LogP contribution is -2.42. The summed E-state index contributed by atoms with van der Waals surface area (Å²) in [6.45, 7) is -3.44. The van der Waals surface area contributed by atoms with Crippen LogP contribution in [0.5, 0.6) is 0 Å². The maximum atomic E-state index is 12.6. The predicted molar refractivity (Wildman–Crippen MR) is 128 cm³/mol. The Morgan fingerprint density at radius 3 is 0.972 bits per heavy atom. The van der Waals surface area contributed by atoms with Crippen LogP contribution in [0.4, 0.5) is 0 Å². The second-order valence-corrected chi connectivity index (χ2v) is 12.6. The minimum absolute atomic E-state index is 0.188. The fourth-order valence-electron chi connectivity index (χ4n) is 2.84. The topological polar surface area (TPSA) is 150 Å². The summed E-state index contributed by atoms with van der Waals surface area (Å²) in [5, 5.41) is 10.2. The van der Waals surface area contributed by atoms with E-state index < -0.39 is 62.2 Å². The SMILES string of the molecule is O=S(=O)(OCC(CO)(COS(=O)(=O)c1ccccc1)COS(=O)(=O)c1ccccc1)c1ccccc1. The summed E-state index contributed by atoms with van der Waals surface area (Å²) in [6, 6.07) is 21.3. The van der Waals surface area contributed by atoms with Crippen LogP contribution in [-0.2, 0) is 42.9 Å². The quantitative estimate of drug-likeness (QED) is 0.310. The van der Waals surface area contributed by atoms with E-state index in [1.54, 1.807) is 18.2 Å². The number of aliphatic hydroxyl groups is 1. The van der Waals surface area contributed by atoms with Crippen molar-refractivity contribution in [2.75, 3.05) is 26.4 Å². The lowest BCUT2D eigenvalue weighted by Gasteiger charge is -2.30. The molecular formula is C23H24O10S3. The Kier molecular flexibility index (Phi) is 9.00. The van der Waals surface area contributed by atoms with Gasteiger partial charge in [0.2, 0.25) is 0 Å². The van der Waals surface area contributed by atoms with Crippen molar-refractivity contribution in [3.05, 3.63) is 91.0 Å². The summed E-state index contributed by atoms with van der Waals surface area (Å²) < 4.78 is 90.9. The van der Waals surface area contributed by atoms with Gasteiger partial charge < -0.3 is 5.11 Å². The minimum atomic E-state index is -4.34. The standard InChI is InChI=1S/C23H24O10S3/c24-16-23(17-31-34(25,26)20-10-4-1-5-11-20,18-32-35(27,28)21-12-6-2-7-13-21)19-33-36(29,30)22-14-8-3-9-15-22/h1-15,24H,16-19H2. The van der Waals surface area contributed by atoms with Gasteiger partial charge in [-0.25, -0.2) is 0 Å². The van der Waals surface area contributed by atoms with E-state index in [1.165, 1.54) is 72.8 Å². The van der Waals surface area contributed by atoms with E-state index in [4.69, 9.17) is 12.5 Å². The van der Waals surface area contributed by atoms with Crippen molar-refractivity contribution in [3.63, 3.8) is 0 Å². The van der Waals surface area contributed by atoms with Gasteiger partial charge in [0, 0.05) is 0 Å². The molecule has 0 spiro atoms. The highest BCUT2D eigenvalue weighted by Gasteiger charge is 2.38. The summed E-state index contributed by atoms with van der Waals surface area (Å²) in [5.41, 5.74) is -1.90. The van der Waals surface area contributed by atoms with E-state index in [9.17, 15) is 30.4 Å². The van der Waals surface area contributed by atoms with Crippen molar-refractivity contribution >= 4 is 30.4 Å². The normalized spacial score (nSPS) is 12.9. The molecule has 0 fully saturated rings. The maximum Gasteiger partial charge on any atom is 0.296 e. The Bertz CT molecular complexity index is 1260. The molecule has 0 saturated heterocycles. The minimum Gasteiger partial charge on any atom is -0.396 e. The molecule has 0 saturated carbocycles. The zero-order chi connectivity index (χ0) is 26.3. The van der Waals surface area contributed by atoms with Crippen molar-refractivity contribution in [2.24, 2.45) is 5.41 Å². The average molecular weight is 557 g/mol. The molecule has 3 aromatic rings. The molecule has 13 heteroatoms. The fraction of sp³-hybridized carbons (Fsp3) is 0.217. The molecule has 0 atom stereocenters. The summed E-state index contributed by atoms with van der Waals surface area (Å²) in [4.78, 5) is -0.563. The van der Waals surface area contributed by atoms with Gasteiger partial charge in [0.1, 0.15) is 0 Å². The summed E-state index contributed by atoms with van der Waals surface area (Å²) >= 11 is 0. The Morgan fingerprint density at radius 2 is 0.750 bits per heavy atom. The van der Waals surface area contributed by atoms with Crippen molar-refractivity contribution in [2.45, 2.75) is 14.7 Å². The third-order valence-electron chi connectivity index (χ3n) is 4.99. The zero-order valence-electron chi connectivity index (χ0n) is 18.8. The van der Waals surface area contributed by atoms with Crippen LogP contribution in [0, 0.1) is 5.41 Å². The average Bonchev–Trinajstić information content (AvgIpc) is 2.90. The molecule has 3 aromatic carbocycles. The summed E-state index contributed by atoms with van der Waals surface area (Å²) in [7, 11) is -13.0. The molecule has 0 aromatic heterocycles. The Labute approximate surface area is 210 Å². The molecule has 0 aliphatic heterocycles. The lowest BCUT2D eigenvalue weighted by molar-refractivity contribution is -0.00584. The monoisotopic (exact) mass is 556 g/mol. The Hall–Kier alpha value is -2.65. The van der Waals surface area contributed by atoms with E-state index >= 15 is 0 Å². The molecule has 0 aliphatic rings. The number of benzene rings is 3. The van der Waals surface area contributed by atoms with Crippen LogP contribution < -0.4 is 0 Å². The molecule has 1 N–H and O–H groups in total. The number of hydrogen-bond acceptors (Lipinski definition) is 10.